The summed E-state index contributed by atoms with van der Waals surface area (Å²) in [5, 5.41) is 2.60. The number of rotatable bonds is 9. The van der Waals surface area contributed by atoms with Crippen molar-refractivity contribution >= 4 is 11.8 Å². The van der Waals surface area contributed by atoms with E-state index in [4.69, 9.17) is 15.2 Å². The maximum Gasteiger partial charge on any atom is 0.387 e. The topological polar surface area (TPSA) is 99.9 Å². The highest BCUT2D eigenvalue weighted by atomic mass is 19.3. The SMILES string of the molecule is COc1cc(CNC(=O)COc2ccccc2C(N)=O)ccc1OC(F)F. The van der Waals surface area contributed by atoms with Crippen molar-refractivity contribution in [1.29, 1.82) is 0 Å². The average molecular weight is 380 g/mol. The van der Waals surface area contributed by atoms with Crippen LogP contribution in [0.15, 0.2) is 42.5 Å². The van der Waals surface area contributed by atoms with E-state index in [2.05, 4.69) is 10.1 Å². The van der Waals surface area contributed by atoms with E-state index in [1.807, 2.05) is 0 Å². The molecule has 2 aromatic carbocycles. The molecule has 3 N–H and O–H groups in total. The molecule has 2 aromatic rings. The molecule has 0 spiro atoms. The van der Waals surface area contributed by atoms with Crippen LogP contribution in [-0.2, 0) is 11.3 Å². The summed E-state index contributed by atoms with van der Waals surface area (Å²) in [5.41, 5.74) is 6.02. The molecule has 2 amide bonds. The van der Waals surface area contributed by atoms with Crippen molar-refractivity contribution in [3.05, 3.63) is 53.6 Å². The van der Waals surface area contributed by atoms with Crippen LogP contribution in [0.3, 0.4) is 0 Å². The Kier molecular flexibility index (Phi) is 6.93. The monoisotopic (exact) mass is 380 g/mol. The molecule has 0 aliphatic rings. The van der Waals surface area contributed by atoms with Crippen LogP contribution >= 0.6 is 0 Å². The van der Waals surface area contributed by atoms with Crippen molar-refractivity contribution in [3.8, 4) is 17.2 Å². The number of carbonyl (C=O) groups is 2. The van der Waals surface area contributed by atoms with E-state index in [9.17, 15) is 18.4 Å². The van der Waals surface area contributed by atoms with Gasteiger partial charge in [-0.15, -0.1) is 0 Å². The minimum absolute atomic E-state index is 0.103. The highest BCUT2D eigenvalue weighted by Gasteiger charge is 2.13. The van der Waals surface area contributed by atoms with Gasteiger partial charge in [-0.2, -0.15) is 8.78 Å². The third kappa shape index (κ3) is 5.84. The second-order valence-electron chi connectivity index (χ2n) is 5.29. The van der Waals surface area contributed by atoms with E-state index in [-0.39, 0.29) is 36.0 Å². The van der Waals surface area contributed by atoms with Crippen LogP contribution < -0.4 is 25.3 Å². The van der Waals surface area contributed by atoms with Gasteiger partial charge in [0.25, 0.3) is 11.8 Å². The normalized spacial score (nSPS) is 10.4. The van der Waals surface area contributed by atoms with Crippen molar-refractivity contribution in [3.63, 3.8) is 0 Å². The smallest absolute Gasteiger partial charge is 0.387 e. The van der Waals surface area contributed by atoms with Crippen LogP contribution in [-0.4, -0.2) is 32.1 Å². The van der Waals surface area contributed by atoms with Gasteiger partial charge in [0, 0.05) is 6.54 Å². The summed E-state index contributed by atoms with van der Waals surface area (Å²) in [6, 6.07) is 10.6. The minimum atomic E-state index is -2.97. The quantitative estimate of drug-likeness (QED) is 0.694. The summed E-state index contributed by atoms with van der Waals surface area (Å²) in [6.45, 7) is -3.18. The van der Waals surface area contributed by atoms with Crippen LogP contribution in [0.25, 0.3) is 0 Å². The fourth-order valence-corrected chi connectivity index (χ4v) is 2.21. The number of carbonyl (C=O) groups excluding carboxylic acids is 2. The molecule has 0 unspecified atom stereocenters. The summed E-state index contributed by atoms with van der Waals surface area (Å²) in [5.74, 6) is -0.886. The molecule has 0 bridgehead atoms. The maximum atomic E-state index is 12.3. The van der Waals surface area contributed by atoms with E-state index in [0.29, 0.717) is 5.56 Å². The molecule has 2 rings (SSSR count). The summed E-state index contributed by atoms with van der Waals surface area (Å²) < 4.78 is 39.3. The van der Waals surface area contributed by atoms with Crippen molar-refractivity contribution in [2.75, 3.05) is 13.7 Å². The molecule has 0 atom stereocenters. The number of nitrogens with one attached hydrogen (secondary N) is 1. The van der Waals surface area contributed by atoms with Gasteiger partial charge in [0.1, 0.15) is 5.75 Å². The predicted octanol–water partition coefficient (Wildman–Crippen LogP) is 2.09. The number of alkyl halides is 2. The van der Waals surface area contributed by atoms with Crippen molar-refractivity contribution in [2.24, 2.45) is 5.73 Å². The van der Waals surface area contributed by atoms with Gasteiger partial charge in [0.05, 0.1) is 12.7 Å². The third-order valence-electron chi connectivity index (χ3n) is 3.45. The number of benzene rings is 2. The van der Waals surface area contributed by atoms with Gasteiger partial charge in [-0.1, -0.05) is 18.2 Å². The highest BCUT2D eigenvalue weighted by molar-refractivity contribution is 5.95. The third-order valence-corrected chi connectivity index (χ3v) is 3.45. The molecule has 0 heterocycles. The summed E-state index contributed by atoms with van der Waals surface area (Å²) in [6.07, 6.45) is 0. The Hall–Kier alpha value is -3.36. The van der Waals surface area contributed by atoms with Crippen LogP contribution in [0.2, 0.25) is 0 Å². The Balaban J connectivity index is 1.91. The predicted molar refractivity (Wildman–Crippen MR) is 91.9 cm³/mol. The molecular formula is C18H18F2N2O5. The Morgan fingerprint density at radius 3 is 2.52 bits per heavy atom. The van der Waals surface area contributed by atoms with Gasteiger partial charge in [-0.3, -0.25) is 9.59 Å². The largest absolute Gasteiger partial charge is 0.493 e. The second kappa shape index (κ2) is 9.37. The van der Waals surface area contributed by atoms with Gasteiger partial charge >= 0.3 is 6.61 Å². The average Bonchev–Trinajstić information content (AvgIpc) is 2.65. The first-order valence-electron chi connectivity index (χ1n) is 7.80. The number of hydrogen-bond acceptors (Lipinski definition) is 5. The summed E-state index contributed by atoms with van der Waals surface area (Å²) >= 11 is 0. The second-order valence-corrected chi connectivity index (χ2v) is 5.29. The first-order chi connectivity index (χ1) is 12.9. The molecule has 0 aliphatic heterocycles. The number of methoxy groups -OCH3 is 1. The molecule has 9 heteroatoms. The number of halogens is 2. The van der Waals surface area contributed by atoms with Gasteiger partial charge in [0.15, 0.2) is 18.1 Å². The lowest BCUT2D eigenvalue weighted by Gasteiger charge is -2.12. The summed E-state index contributed by atoms with van der Waals surface area (Å²) in [7, 11) is 1.32. The number of amides is 2. The highest BCUT2D eigenvalue weighted by Crippen LogP contribution is 2.29. The van der Waals surface area contributed by atoms with E-state index in [1.165, 1.54) is 37.4 Å². The Morgan fingerprint density at radius 1 is 1.11 bits per heavy atom. The van der Waals surface area contributed by atoms with Crippen molar-refractivity contribution in [1.82, 2.24) is 5.32 Å². The van der Waals surface area contributed by atoms with Crippen LogP contribution in [0.4, 0.5) is 8.78 Å². The first-order valence-corrected chi connectivity index (χ1v) is 7.80. The first kappa shape index (κ1) is 20.0. The van der Waals surface area contributed by atoms with Crippen LogP contribution in [0, 0.1) is 0 Å². The van der Waals surface area contributed by atoms with Gasteiger partial charge in [-0.05, 0) is 29.8 Å². The molecule has 144 valence electrons. The molecule has 0 aromatic heterocycles. The fourth-order valence-electron chi connectivity index (χ4n) is 2.21. The number of nitrogens with two attached hydrogens (primary N) is 1. The lowest BCUT2D eigenvalue weighted by molar-refractivity contribution is -0.123. The number of ether oxygens (including phenoxy) is 3. The number of hydrogen-bond donors (Lipinski definition) is 2. The van der Waals surface area contributed by atoms with Crippen molar-refractivity contribution in [2.45, 2.75) is 13.2 Å². The van der Waals surface area contributed by atoms with E-state index < -0.39 is 18.4 Å². The molecule has 0 saturated heterocycles. The minimum Gasteiger partial charge on any atom is -0.493 e. The van der Waals surface area contributed by atoms with Crippen LogP contribution in [0.5, 0.6) is 17.2 Å². The standard InChI is InChI=1S/C18H18F2N2O5/c1-25-15-8-11(6-7-14(15)27-18(19)20)9-22-16(23)10-26-13-5-3-2-4-12(13)17(21)24/h2-8,18H,9-10H2,1H3,(H2,21,24)(H,22,23). The molecule has 7 nitrogen and oxygen atoms in total. The van der Waals surface area contributed by atoms with E-state index in [1.54, 1.807) is 12.1 Å². The molecular weight excluding hydrogens is 362 g/mol. The number of para-hydroxylation sites is 1. The Bertz CT molecular complexity index is 814. The molecule has 27 heavy (non-hydrogen) atoms. The Labute approximate surface area is 154 Å². The lowest BCUT2D eigenvalue weighted by Crippen LogP contribution is -2.28. The zero-order valence-electron chi connectivity index (χ0n) is 14.4. The van der Waals surface area contributed by atoms with E-state index >= 15 is 0 Å². The van der Waals surface area contributed by atoms with Gasteiger partial charge in [-0.25, -0.2) is 0 Å². The zero-order chi connectivity index (χ0) is 19.8. The number of primary amides is 1. The van der Waals surface area contributed by atoms with E-state index in [0.717, 1.165) is 0 Å². The maximum absolute atomic E-state index is 12.3. The fraction of sp³-hybridized carbons (Fsp3) is 0.222. The molecule has 0 radical (unpaired) electrons. The molecule has 0 fully saturated rings. The molecule has 0 aliphatic carbocycles. The van der Waals surface area contributed by atoms with Crippen molar-refractivity contribution < 1.29 is 32.6 Å². The lowest BCUT2D eigenvalue weighted by atomic mass is 10.2. The molecule has 0 saturated carbocycles. The van der Waals surface area contributed by atoms with Crippen LogP contribution in [0.1, 0.15) is 15.9 Å². The van der Waals surface area contributed by atoms with Gasteiger partial charge in [0.2, 0.25) is 0 Å². The van der Waals surface area contributed by atoms with Gasteiger partial charge < -0.3 is 25.3 Å². The zero-order valence-corrected chi connectivity index (χ0v) is 14.4. The summed E-state index contributed by atoms with van der Waals surface area (Å²) in [4.78, 5) is 23.2. The Morgan fingerprint density at radius 2 is 1.85 bits per heavy atom.